The van der Waals surface area contributed by atoms with Crippen LogP contribution in [0.25, 0.3) is 0 Å². The molecule has 0 spiro atoms. The summed E-state index contributed by atoms with van der Waals surface area (Å²) in [4.78, 5) is 0. The van der Waals surface area contributed by atoms with Gasteiger partial charge in [0, 0.05) is 10.6 Å². The van der Waals surface area contributed by atoms with Crippen LogP contribution in [0, 0.1) is 5.41 Å². The summed E-state index contributed by atoms with van der Waals surface area (Å²) in [6.45, 7) is 12.0. The molecule has 2 aromatic carbocycles. The molecule has 2 aromatic rings. The van der Waals surface area contributed by atoms with Crippen LogP contribution in [0.5, 0.6) is 5.75 Å². The van der Waals surface area contributed by atoms with E-state index in [1.54, 1.807) is 0 Å². The van der Waals surface area contributed by atoms with Crippen molar-refractivity contribution in [3.8, 4) is 5.75 Å². The van der Waals surface area contributed by atoms with Crippen molar-refractivity contribution in [1.29, 1.82) is 0 Å². The van der Waals surface area contributed by atoms with Gasteiger partial charge in [0.05, 0.1) is 0 Å². The highest BCUT2D eigenvalue weighted by Gasteiger charge is 2.27. The summed E-state index contributed by atoms with van der Waals surface area (Å²) >= 11 is 6.16. The Bertz CT molecular complexity index is 636. The van der Waals surface area contributed by atoms with Crippen molar-refractivity contribution in [2.75, 3.05) is 0 Å². The average Bonchev–Trinajstić information content (AvgIpc) is 2.44. The smallest absolute Gasteiger partial charge is 0.119 e. The number of hydrogen-bond acceptors (Lipinski definition) is 1. The minimum absolute atomic E-state index is 0.152. The third-order valence-corrected chi connectivity index (χ3v) is 4.33. The lowest BCUT2D eigenvalue weighted by Crippen LogP contribution is -2.24. The Hall–Kier alpha value is -1.47. The van der Waals surface area contributed by atoms with Crippen molar-refractivity contribution < 1.29 is 4.74 Å². The van der Waals surface area contributed by atoms with E-state index in [0.717, 1.165) is 22.8 Å². The molecule has 0 aliphatic carbocycles. The molecule has 0 heterocycles. The van der Waals surface area contributed by atoms with Gasteiger partial charge in [0.2, 0.25) is 0 Å². The minimum atomic E-state index is 0.152. The number of ether oxygens (including phenoxy) is 1. The van der Waals surface area contributed by atoms with Crippen LogP contribution in [0.1, 0.15) is 52.2 Å². The molecule has 2 rings (SSSR count). The molecule has 1 nitrogen and oxygen atoms in total. The van der Waals surface area contributed by atoms with E-state index < -0.39 is 0 Å². The Kier molecular flexibility index (Phi) is 5.41. The number of benzene rings is 2. The predicted octanol–water partition coefficient (Wildman–Crippen LogP) is 6.63. The van der Waals surface area contributed by atoms with Gasteiger partial charge in [-0.1, -0.05) is 76.6 Å². The fourth-order valence-corrected chi connectivity index (χ4v) is 3.40. The van der Waals surface area contributed by atoms with Crippen LogP contribution in [0.4, 0.5) is 0 Å². The molecule has 0 saturated heterocycles. The molecule has 0 radical (unpaired) electrons. The Balaban J connectivity index is 2.03. The fourth-order valence-electron chi connectivity index (χ4n) is 3.21. The molecule has 2 heteroatoms. The minimum Gasteiger partial charge on any atom is -0.489 e. The summed E-state index contributed by atoms with van der Waals surface area (Å²) in [6.07, 6.45) is 1.14. The van der Waals surface area contributed by atoms with Crippen LogP contribution in [0.15, 0.2) is 48.5 Å². The Labute approximate surface area is 145 Å². The zero-order valence-corrected chi connectivity index (χ0v) is 15.6. The second-order valence-corrected chi connectivity index (χ2v) is 8.43. The van der Waals surface area contributed by atoms with Crippen molar-refractivity contribution >= 4 is 11.6 Å². The highest BCUT2D eigenvalue weighted by atomic mass is 35.5. The maximum atomic E-state index is 6.16. The monoisotopic (exact) mass is 330 g/mol. The van der Waals surface area contributed by atoms with E-state index in [2.05, 4.69) is 58.9 Å². The molecule has 0 aliphatic heterocycles. The van der Waals surface area contributed by atoms with Gasteiger partial charge in [-0.2, -0.15) is 0 Å². The molecule has 0 aliphatic rings. The van der Waals surface area contributed by atoms with Gasteiger partial charge >= 0.3 is 0 Å². The summed E-state index contributed by atoms with van der Waals surface area (Å²) in [6, 6.07) is 16.2. The van der Waals surface area contributed by atoms with Gasteiger partial charge < -0.3 is 4.74 Å². The van der Waals surface area contributed by atoms with Crippen LogP contribution in [0.2, 0.25) is 5.02 Å². The molecule has 124 valence electrons. The maximum Gasteiger partial charge on any atom is 0.119 e. The normalized spacial score (nSPS) is 12.3. The van der Waals surface area contributed by atoms with E-state index >= 15 is 0 Å². The van der Waals surface area contributed by atoms with Gasteiger partial charge in [0.25, 0.3) is 0 Å². The highest BCUT2D eigenvalue weighted by Crippen LogP contribution is 2.36. The summed E-state index contributed by atoms with van der Waals surface area (Å²) in [7, 11) is 0. The Morgan fingerprint density at radius 3 is 2.04 bits per heavy atom. The first-order valence-corrected chi connectivity index (χ1v) is 8.52. The highest BCUT2D eigenvalue weighted by molar-refractivity contribution is 6.31. The van der Waals surface area contributed by atoms with Gasteiger partial charge in [-0.3, -0.25) is 0 Å². The lowest BCUT2D eigenvalue weighted by Gasteiger charge is -2.33. The molecule has 0 N–H and O–H groups in total. The van der Waals surface area contributed by atoms with Crippen molar-refractivity contribution in [2.24, 2.45) is 5.41 Å². The molecular formula is C21H27ClO. The second-order valence-electron chi connectivity index (χ2n) is 8.03. The van der Waals surface area contributed by atoms with Crippen molar-refractivity contribution in [2.45, 2.75) is 53.1 Å². The molecule has 0 atom stereocenters. The third-order valence-electron chi connectivity index (χ3n) is 3.96. The second kappa shape index (κ2) is 6.97. The molecule has 0 aromatic heterocycles. The first-order chi connectivity index (χ1) is 10.7. The van der Waals surface area contributed by atoms with Gasteiger partial charge in [-0.25, -0.2) is 0 Å². The molecule has 0 amide bonds. The van der Waals surface area contributed by atoms with Gasteiger partial charge in [-0.15, -0.1) is 0 Å². The first kappa shape index (κ1) is 17.9. The van der Waals surface area contributed by atoms with E-state index in [1.807, 2.05) is 24.3 Å². The van der Waals surface area contributed by atoms with Gasteiger partial charge in [-0.05, 0) is 41.0 Å². The molecular weight excluding hydrogens is 304 g/mol. The number of halogens is 1. The predicted molar refractivity (Wildman–Crippen MR) is 99.3 cm³/mol. The van der Waals surface area contributed by atoms with E-state index in [4.69, 9.17) is 16.3 Å². The van der Waals surface area contributed by atoms with Crippen molar-refractivity contribution in [3.63, 3.8) is 0 Å². The van der Waals surface area contributed by atoms with Crippen molar-refractivity contribution in [1.82, 2.24) is 0 Å². The summed E-state index contributed by atoms with van der Waals surface area (Å²) in [5, 5.41) is 0.746. The van der Waals surface area contributed by atoms with Crippen molar-refractivity contribution in [3.05, 3.63) is 64.7 Å². The van der Waals surface area contributed by atoms with E-state index in [9.17, 15) is 0 Å². The molecule has 0 unspecified atom stereocenters. The van der Waals surface area contributed by atoms with E-state index in [1.165, 1.54) is 5.56 Å². The quantitative estimate of drug-likeness (QED) is 0.597. The number of hydrogen-bond donors (Lipinski definition) is 0. The number of rotatable bonds is 5. The van der Waals surface area contributed by atoms with Gasteiger partial charge in [0.1, 0.15) is 12.4 Å². The Morgan fingerprint density at radius 1 is 0.870 bits per heavy atom. The lowest BCUT2D eigenvalue weighted by molar-refractivity contribution is 0.283. The SMILES string of the molecule is CC(C)(C)CC(C)(C)c1ccc(OCc2ccccc2Cl)cc1. The fraction of sp³-hybridized carbons (Fsp3) is 0.429. The Morgan fingerprint density at radius 2 is 1.48 bits per heavy atom. The molecule has 0 bridgehead atoms. The standard InChI is InChI=1S/C21H27ClO/c1-20(2,3)15-21(4,5)17-10-12-18(13-11-17)23-14-16-8-6-7-9-19(16)22/h6-13H,14-15H2,1-5H3. The lowest BCUT2D eigenvalue weighted by atomic mass is 9.72. The summed E-state index contributed by atoms with van der Waals surface area (Å²) in [5.74, 6) is 0.875. The van der Waals surface area contributed by atoms with Crippen LogP contribution in [-0.2, 0) is 12.0 Å². The van der Waals surface area contributed by atoms with Crippen LogP contribution < -0.4 is 4.74 Å². The van der Waals surface area contributed by atoms with Crippen LogP contribution >= 0.6 is 11.6 Å². The third kappa shape index (κ3) is 5.28. The van der Waals surface area contributed by atoms with Crippen LogP contribution in [0.3, 0.4) is 0 Å². The summed E-state index contributed by atoms with van der Waals surface area (Å²) in [5.41, 5.74) is 2.81. The maximum absolute atomic E-state index is 6.16. The summed E-state index contributed by atoms with van der Waals surface area (Å²) < 4.78 is 5.86. The molecule has 0 fully saturated rings. The zero-order valence-electron chi connectivity index (χ0n) is 14.8. The topological polar surface area (TPSA) is 9.23 Å². The van der Waals surface area contributed by atoms with E-state index in [0.29, 0.717) is 12.0 Å². The molecule has 23 heavy (non-hydrogen) atoms. The largest absolute Gasteiger partial charge is 0.489 e. The van der Waals surface area contributed by atoms with Gasteiger partial charge in [0.15, 0.2) is 0 Å². The first-order valence-electron chi connectivity index (χ1n) is 8.14. The average molecular weight is 331 g/mol. The molecule has 0 saturated carbocycles. The van der Waals surface area contributed by atoms with E-state index in [-0.39, 0.29) is 5.41 Å². The zero-order chi connectivity index (χ0) is 17.1. The van der Waals surface area contributed by atoms with Crippen LogP contribution in [-0.4, -0.2) is 0 Å².